The third-order valence-corrected chi connectivity index (χ3v) is 6.43. The highest BCUT2D eigenvalue weighted by molar-refractivity contribution is 7.91. The second-order valence-electron chi connectivity index (χ2n) is 4.87. The van der Waals surface area contributed by atoms with Gasteiger partial charge >= 0.3 is 5.97 Å². The maximum atomic E-state index is 12.3. The summed E-state index contributed by atoms with van der Waals surface area (Å²) in [5.74, 6) is -1.13. The monoisotopic (exact) mass is 323 g/mol. The summed E-state index contributed by atoms with van der Waals surface area (Å²) in [4.78, 5) is 10.8. The van der Waals surface area contributed by atoms with Crippen LogP contribution in [0.15, 0.2) is 39.9 Å². The molecule has 0 saturated carbocycles. The molecular weight excluding hydrogens is 310 g/mol. The molecule has 1 heterocycles. The summed E-state index contributed by atoms with van der Waals surface area (Å²) in [5, 5.41) is 10.2. The lowest BCUT2D eigenvalue weighted by Gasteiger charge is -2.13. The number of aromatic carboxylic acids is 1. The van der Waals surface area contributed by atoms with Gasteiger partial charge in [0.25, 0.3) is 10.0 Å². The fourth-order valence-electron chi connectivity index (χ4n) is 2.49. The van der Waals surface area contributed by atoms with Crippen LogP contribution >= 0.6 is 11.3 Å². The predicted molar refractivity (Wildman–Crippen MR) is 79.1 cm³/mol. The first-order valence-electron chi connectivity index (χ1n) is 6.39. The molecule has 110 valence electrons. The van der Waals surface area contributed by atoms with E-state index in [2.05, 4.69) is 4.72 Å². The van der Waals surface area contributed by atoms with E-state index in [9.17, 15) is 13.2 Å². The van der Waals surface area contributed by atoms with Crippen LogP contribution in [0.1, 0.15) is 33.9 Å². The van der Waals surface area contributed by atoms with Crippen molar-refractivity contribution >= 4 is 27.3 Å². The molecular formula is C14H13NO4S2. The highest BCUT2D eigenvalue weighted by Gasteiger charge is 2.28. The van der Waals surface area contributed by atoms with E-state index in [1.165, 1.54) is 11.4 Å². The minimum Gasteiger partial charge on any atom is -0.478 e. The average molecular weight is 323 g/mol. The topological polar surface area (TPSA) is 83.5 Å². The van der Waals surface area contributed by atoms with Crippen LogP contribution in [-0.2, 0) is 16.4 Å². The number of carbonyl (C=O) groups is 1. The third-order valence-electron chi connectivity index (χ3n) is 3.52. The van der Waals surface area contributed by atoms with Gasteiger partial charge in [-0.15, -0.1) is 11.3 Å². The molecule has 2 aromatic rings. The molecule has 2 N–H and O–H groups in total. The summed E-state index contributed by atoms with van der Waals surface area (Å²) < 4.78 is 27.4. The Bertz CT molecular complexity index is 795. The maximum Gasteiger partial charge on any atom is 0.336 e. The van der Waals surface area contributed by atoms with Gasteiger partial charge < -0.3 is 5.11 Å². The normalized spacial score (nSPS) is 17.6. The standard InChI is InChI=1S/C14H13NO4S2/c16-14(17)10-7-13(20-8-10)21(18,19)15-12-6-5-9-3-1-2-4-11(9)12/h1-4,7-8,12,15H,5-6H2,(H,16,17). The lowest BCUT2D eigenvalue weighted by molar-refractivity contribution is 0.0697. The molecule has 5 nitrogen and oxygen atoms in total. The number of sulfonamides is 1. The first-order chi connectivity index (χ1) is 9.97. The van der Waals surface area contributed by atoms with Crippen LogP contribution in [0.5, 0.6) is 0 Å². The molecule has 7 heteroatoms. The van der Waals surface area contributed by atoms with Crippen molar-refractivity contribution in [1.29, 1.82) is 0 Å². The molecule has 0 saturated heterocycles. The third kappa shape index (κ3) is 2.72. The Balaban J connectivity index is 1.85. The van der Waals surface area contributed by atoms with Gasteiger partial charge in [-0.2, -0.15) is 0 Å². The highest BCUT2D eigenvalue weighted by atomic mass is 32.2. The van der Waals surface area contributed by atoms with Crippen LogP contribution < -0.4 is 4.72 Å². The number of fused-ring (bicyclic) bond motifs is 1. The summed E-state index contributed by atoms with van der Waals surface area (Å²) in [6.45, 7) is 0. The van der Waals surface area contributed by atoms with E-state index in [1.54, 1.807) is 0 Å². The minimum absolute atomic E-state index is 0.00722. The molecule has 0 spiro atoms. The highest BCUT2D eigenvalue weighted by Crippen LogP contribution is 2.32. The van der Waals surface area contributed by atoms with Gasteiger partial charge in [0.1, 0.15) is 4.21 Å². The van der Waals surface area contributed by atoms with Gasteiger partial charge in [-0.25, -0.2) is 17.9 Å². The molecule has 0 amide bonds. The van der Waals surface area contributed by atoms with Gasteiger partial charge in [0.2, 0.25) is 0 Å². The van der Waals surface area contributed by atoms with E-state index in [4.69, 9.17) is 5.11 Å². The van der Waals surface area contributed by atoms with Gasteiger partial charge in [0, 0.05) is 11.4 Å². The summed E-state index contributed by atoms with van der Waals surface area (Å²) in [7, 11) is -3.69. The maximum absolute atomic E-state index is 12.3. The average Bonchev–Trinajstić information content (AvgIpc) is 3.06. The Morgan fingerprint density at radius 3 is 2.81 bits per heavy atom. The van der Waals surface area contributed by atoms with E-state index in [-0.39, 0.29) is 15.8 Å². The molecule has 0 bridgehead atoms. The number of benzene rings is 1. The largest absolute Gasteiger partial charge is 0.478 e. The molecule has 0 fully saturated rings. The van der Waals surface area contributed by atoms with Crippen molar-refractivity contribution in [2.45, 2.75) is 23.1 Å². The summed E-state index contributed by atoms with van der Waals surface area (Å²) in [6.07, 6.45) is 1.56. The van der Waals surface area contributed by atoms with Crippen LogP contribution in [0.25, 0.3) is 0 Å². The Hall–Kier alpha value is -1.70. The zero-order valence-corrected chi connectivity index (χ0v) is 12.6. The summed E-state index contributed by atoms with van der Waals surface area (Å²) in [5.41, 5.74) is 2.14. The van der Waals surface area contributed by atoms with Crippen molar-refractivity contribution < 1.29 is 18.3 Å². The van der Waals surface area contributed by atoms with Crippen molar-refractivity contribution in [1.82, 2.24) is 4.72 Å². The molecule has 0 aliphatic heterocycles. The van der Waals surface area contributed by atoms with Crippen LogP contribution in [0.2, 0.25) is 0 Å². The number of rotatable bonds is 4. The number of aryl methyl sites for hydroxylation is 1. The van der Waals surface area contributed by atoms with E-state index in [0.717, 1.165) is 35.3 Å². The number of hydrogen-bond acceptors (Lipinski definition) is 4. The lowest BCUT2D eigenvalue weighted by atomic mass is 10.1. The quantitative estimate of drug-likeness (QED) is 0.905. The molecule has 3 rings (SSSR count). The van der Waals surface area contributed by atoms with Crippen LogP contribution in [-0.4, -0.2) is 19.5 Å². The first kappa shape index (κ1) is 14.2. The second-order valence-corrected chi connectivity index (χ2v) is 7.72. The molecule has 1 aliphatic carbocycles. The van der Waals surface area contributed by atoms with E-state index in [0.29, 0.717) is 0 Å². The van der Waals surface area contributed by atoms with Crippen molar-refractivity contribution in [3.8, 4) is 0 Å². The number of carboxylic acid groups (broad SMARTS) is 1. The molecule has 21 heavy (non-hydrogen) atoms. The molecule has 0 radical (unpaired) electrons. The van der Waals surface area contributed by atoms with Crippen molar-refractivity contribution in [3.63, 3.8) is 0 Å². The van der Waals surface area contributed by atoms with Crippen LogP contribution in [0.3, 0.4) is 0 Å². The zero-order valence-electron chi connectivity index (χ0n) is 10.9. The lowest BCUT2D eigenvalue weighted by Crippen LogP contribution is -2.26. The molecule has 1 atom stereocenters. The van der Waals surface area contributed by atoms with E-state index in [1.807, 2.05) is 24.3 Å². The van der Waals surface area contributed by atoms with E-state index < -0.39 is 16.0 Å². The van der Waals surface area contributed by atoms with Gasteiger partial charge in [0.05, 0.1) is 5.56 Å². The summed E-state index contributed by atoms with van der Waals surface area (Å²) >= 11 is 0.918. The first-order valence-corrected chi connectivity index (χ1v) is 8.75. The molecule has 1 aromatic carbocycles. The molecule has 1 unspecified atom stereocenters. The second kappa shape index (κ2) is 5.25. The number of thiophene rings is 1. The Labute approximate surface area is 126 Å². The van der Waals surface area contributed by atoms with Crippen molar-refractivity contribution in [3.05, 3.63) is 52.4 Å². The van der Waals surface area contributed by atoms with Gasteiger partial charge in [-0.3, -0.25) is 0 Å². The SMILES string of the molecule is O=C(O)c1csc(S(=O)(=O)NC2CCc3ccccc32)c1. The van der Waals surface area contributed by atoms with Crippen molar-refractivity contribution in [2.75, 3.05) is 0 Å². The van der Waals surface area contributed by atoms with Crippen molar-refractivity contribution in [2.24, 2.45) is 0 Å². The summed E-state index contributed by atoms with van der Waals surface area (Å²) in [6, 6.07) is 8.69. The van der Waals surface area contributed by atoms with Gasteiger partial charge in [-0.1, -0.05) is 24.3 Å². The fourth-order valence-corrected chi connectivity index (χ4v) is 4.91. The fraction of sp³-hybridized carbons (Fsp3) is 0.214. The number of nitrogens with one attached hydrogen (secondary N) is 1. The predicted octanol–water partition coefficient (Wildman–Crippen LogP) is 2.41. The zero-order chi connectivity index (χ0) is 15.0. The Morgan fingerprint density at radius 2 is 2.10 bits per heavy atom. The van der Waals surface area contributed by atoms with Gasteiger partial charge in [-0.05, 0) is 30.0 Å². The number of carboxylic acids is 1. The number of hydrogen-bond donors (Lipinski definition) is 2. The minimum atomic E-state index is -3.69. The van der Waals surface area contributed by atoms with Crippen LogP contribution in [0, 0.1) is 0 Å². The van der Waals surface area contributed by atoms with E-state index >= 15 is 0 Å². The van der Waals surface area contributed by atoms with Crippen LogP contribution in [0.4, 0.5) is 0 Å². The Kier molecular flexibility index (Phi) is 3.56. The Morgan fingerprint density at radius 1 is 1.33 bits per heavy atom. The molecule has 1 aromatic heterocycles. The smallest absolute Gasteiger partial charge is 0.336 e. The molecule has 1 aliphatic rings. The van der Waals surface area contributed by atoms with Gasteiger partial charge in [0.15, 0.2) is 0 Å².